The second-order valence-corrected chi connectivity index (χ2v) is 7.39. The topological polar surface area (TPSA) is 18.5 Å². The van der Waals surface area contributed by atoms with Crippen molar-refractivity contribution in [1.82, 2.24) is 0 Å². The monoisotopic (exact) mass is 504 g/mol. The van der Waals surface area contributed by atoms with Crippen LogP contribution in [0.15, 0.2) is 104 Å². The minimum absolute atomic E-state index is 0. The second kappa shape index (κ2) is 21.4. The normalized spacial score (nSPS) is 9.47. The van der Waals surface area contributed by atoms with Crippen molar-refractivity contribution in [3.63, 3.8) is 0 Å². The molecule has 0 heterocycles. The Labute approximate surface area is 248 Å². The minimum Gasteiger partial charge on any atom is -0.505 e. The van der Waals surface area contributed by atoms with E-state index in [-0.39, 0.29) is 45.2 Å². The summed E-state index contributed by atoms with van der Waals surface area (Å²) < 4.78 is 9.78. The van der Waals surface area contributed by atoms with Gasteiger partial charge in [-0.1, -0.05) is 86.0 Å². The zero-order valence-corrected chi connectivity index (χ0v) is 21.1. The number of ether oxygens (including phenoxy) is 2. The van der Waals surface area contributed by atoms with E-state index >= 15 is 0 Å². The Morgan fingerprint density at radius 2 is 1.11 bits per heavy atom. The maximum atomic E-state index is 5.29. The number of rotatable bonds is 8. The molecule has 0 N–H and O–H groups in total. The third kappa shape index (κ3) is 13.3. The van der Waals surface area contributed by atoms with Gasteiger partial charge in [0.2, 0.25) is 0 Å². The van der Waals surface area contributed by atoms with Crippen LogP contribution in [0.4, 0.5) is 0 Å². The second-order valence-electron chi connectivity index (χ2n) is 7.39. The molecular formula is C33H36ArO2. The van der Waals surface area contributed by atoms with Crippen LogP contribution in [0.1, 0.15) is 35.2 Å². The van der Waals surface area contributed by atoms with Gasteiger partial charge in [0.25, 0.3) is 0 Å². The molecule has 3 aromatic carbocycles. The van der Waals surface area contributed by atoms with Crippen LogP contribution in [0.2, 0.25) is 0 Å². The van der Waals surface area contributed by atoms with Crippen LogP contribution in [0, 0.1) is 61.9 Å². The molecule has 3 aromatic rings. The van der Waals surface area contributed by atoms with Crippen molar-refractivity contribution in [2.75, 3.05) is 14.2 Å². The van der Waals surface area contributed by atoms with Crippen molar-refractivity contribution in [3.05, 3.63) is 131 Å². The summed E-state index contributed by atoms with van der Waals surface area (Å²) in [5.74, 6) is 9.10. The number of terminal acetylenes is 1. The van der Waals surface area contributed by atoms with Gasteiger partial charge in [-0.05, 0) is 59.4 Å². The molecule has 2 nitrogen and oxygen atoms in total. The first-order valence-corrected chi connectivity index (χ1v) is 11.2. The molecule has 3 rings (SSSR count). The quantitative estimate of drug-likeness (QED) is 0.239. The Kier molecular flexibility index (Phi) is 19.7. The molecule has 0 unspecified atom stereocenters. The Morgan fingerprint density at radius 3 is 1.58 bits per heavy atom. The molecule has 0 bridgehead atoms. The first-order chi connectivity index (χ1) is 16.8. The summed E-state index contributed by atoms with van der Waals surface area (Å²) in [5.41, 5.74) is 6.11. The first-order valence-electron chi connectivity index (χ1n) is 11.2. The average molecular weight is 505 g/mol. The molecule has 36 heavy (non-hydrogen) atoms. The summed E-state index contributed by atoms with van der Waals surface area (Å²) >= 11 is 0. The fourth-order valence-electron chi connectivity index (χ4n) is 3.27. The van der Waals surface area contributed by atoms with Crippen LogP contribution in [-0.4, -0.2) is 14.2 Å². The Morgan fingerprint density at radius 1 is 0.667 bits per heavy atom. The summed E-state index contributed by atoms with van der Waals surface area (Å²) in [7, 11) is 3.30. The van der Waals surface area contributed by atoms with Crippen molar-refractivity contribution in [3.8, 4) is 24.2 Å². The molecule has 0 saturated carbocycles. The van der Waals surface area contributed by atoms with Gasteiger partial charge in [0, 0.05) is 56.1 Å². The predicted octanol–water partition coefficient (Wildman–Crippen LogP) is 7.18. The first kappa shape index (κ1) is 33.1. The van der Waals surface area contributed by atoms with E-state index in [0.717, 1.165) is 24.8 Å². The fraction of sp³-hybridized carbons (Fsp3) is 0.212. The van der Waals surface area contributed by atoms with Gasteiger partial charge in [-0.25, -0.2) is 0 Å². The third-order valence-corrected chi connectivity index (χ3v) is 4.95. The van der Waals surface area contributed by atoms with E-state index in [0.29, 0.717) is 6.42 Å². The van der Waals surface area contributed by atoms with E-state index in [1.165, 1.54) is 22.3 Å². The zero-order valence-electron chi connectivity index (χ0n) is 20.4. The largest absolute Gasteiger partial charge is 0.505 e. The van der Waals surface area contributed by atoms with Crippen LogP contribution >= 0.6 is 0 Å². The van der Waals surface area contributed by atoms with E-state index in [2.05, 4.69) is 54.2 Å². The number of allylic oxidation sites excluding steroid dienone is 2. The van der Waals surface area contributed by atoms with Gasteiger partial charge in [-0.3, -0.25) is 0 Å². The number of hydrogen-bond donors (Lipinski definition) is 0. The number of methoxy groups -OCH3 is 2. The van der Waals surface area contributed by atoms with Crippen molar-refractivity contribution in [2.45, 2.75) is 33.1 Å². The molecule has 0 aliphatic rings. The molecule has 0 aliphatic heterocycles. The van der Waals surface area contributed by atoms with Crippen molar-refractivity contribution < 1.29 is 47.2 Å². The van der Waals surface area contributed by atoms with Gasteiger partial charge in [-0.2, -0.15) is 0 Å². The van der Waals surface area contributed by atoms with E-state index in [1.54, 1.807) is 26.7 Å². The molecular weight excluding hydrogens is 468 g/mol. The van der Waals surface area contributed by atoms with Gasteiger partial charge in [0.05, 0.1) is 26.7 Å². The van der Waals surface area contributed by atoms with Crippen molar-refractivity contribution in [2.24, 2.45) is 0 Å². The SMILES string of the molecule is C.C#CCc1ccccc1CC=COC.COC=CCc1ccccc1CC#Cc1ccccc1.[Ar]. The molecule has 0 fully saturated rings. The molecule has 0 aromatic heterocycles. The summed E-state index contributed by atoms with van der Waals surface area (Å²) in [6.07, 6.45) is 15.9. The van der Waals surface area contributed by atoms with Crippen LogP contribution in [-0.2, 0) is 35.2 Å². The Bertz CT molecular complexity index is 1150. The molecule has 0 aliphatic carbocycles. The summed E-state index contributed by atoms with van der Waals surface area (Å²) in [6, 6.07) is 26.7. The third-order valence-electron chi connectivity index (χ3n) is 4.95. The molecule has 188 valence electrons. The minimum atomic E-state index is 0. The van der Waals surface area contributed by atoms with Crippen molar-refractivity contribution in [1.29, 1.82) is 0 Å². The standard InChI is InChI=1S/C19H18O.C13H14O.CH4.Ar/c1-20-16-8-15-19-13-6-5-12-18(19)14-7-11-17-9-3-2-4-10-17;1-3-7-12-8-4-5-9-13(12)10-6-11-14-2;;/h2-6,8-10,12-13,16H,14-15H2,1H3;1,4-6,8-9,11H,7,10H2,2H3;1H4;. The maximum Gasteiger partial charge on any atom is 0.0788 e. The molecule has 0 radical (unpaired) electrons. The predicted molar refractivity (Wildman–Crippen MR) is 149 cm³/mol. The maximum absolute atomic E-state index is 5.29. The van der Waals surface area contributed by atoms with Crippen LogP contribution in [0.5, 0.6) is 0 Å². The smallest absolute Gasteiger partial charge is 0.0788 e. The van der Waals surface area contributed by atoms with Crippen LogP contribution < -0.4 is 0 Å². The summed E-state index contributed by atoms with van der Waals surface area (Å²) in [5, 5.41) is 0. The summed E-state index contributed by atoms with van der Waals surface area (Å²) in [4.78, 5) is 0. The van der Waals surface area contributed by atoms with Gasteiger partial charge < -0.3 is 9.47 Å². The van der Waals surface area contributed by atoms with Crippen LogP contribution in [0.3, 0.4) is 0 Å². The van der Waals surface area contributed by atoms with Gasteiger partial charge >= 0.3 is 0 Å². The Balaban J connectivity index is 0.000000682. The van der Waals surface area contributed by atoms with Crippen LogP contribution in [0.25, 0.3) is 0 Å². The molecule has 0 amide bonds. The molecule has 0 saturated heterocycles. The van der Waals surface area contributed by atoms with Gasteiger partial charge in [0.15, 0.2) is 0 Å². The number of benzene rings is 3. The number of hydrogen-bond acceptors (Lipinski definition) is 2. The molecule has 0 spiro atoms. The van der Waals surface area contributed by atoms with Gasteiger partial charge in [0.1, 0.15) is 0 Å². The van der Waals surface area contributed by atoms with E-state index < -0.39 is 0 Å². The molecule has 3 heteroatoms. The van der Waals surface area contributed by atoms with E-state index in [1.807, 2.05) is 54.6 Å². The zero-order chi connectivity index (χ0) is 24.3. The average Bonchev–Trinajstić information content (AvgIpc) is 2.87. The van der Waals surface area contributed by atoms with Gasteiger partial charge in [-0.15, -0.1) is 12.3 Å². The fourth-order valence-corrected chi connectivity index (χ4v) is 3.27. The molecule has 0 atom stereocenters. The van der Waals surface area contributed by atoms with Crippen molar-refractivity contribution >= 4 is 0 Å². The Hall–Kier alpha value is -2.88. The summed E-state index contributed by atoms with van der Waals surface area (Å²) in [6.45, 7) is 0. The van der Waals surface area contributed by atoms with E-state index in [4.69, 9.17) is 15.9 Å². The van der Waals surface area contributed by atoms with E-state index in [9.17, 15) is 0 Å².